The summed E-state index contributed by atoms with van der Waals surface area (Å²) >= 11 is 3.46. The number of rotatable bonds is 3. The molecule has 0 bridgehead atoms. The normalized spacial score (nSPS) is 10.9. The Morgan fingerprint density at radius 2 is 1.78 bits per heavy atom. The minimum Gasteiger partial charge on any atom is -0.318 e. The molecule has 2 heterocycles. The maximum absolute atomic E-state index is 12.9. The van der Waals surface area contributed by atoms with E-state index >= 15 is 0 Å². The Morgan fingerprint density at radius 1 is 1.00 bits per heavy atom. The highest BCUT2D eigenvalue weighted by atomic mass is 79.9. The number of carbonyl (C=O) groups is 1. The third kappa shape index (κ3) is 3.38. The molecule has 1 amide bonds. The van der Waals surface area contributed by atoms with Crippen LogP contribution in [0.15, 0.2) is 71.2 Å². The number of pyridine rings is 1. The molecule has 0 radical (unpaired) electrons. The molecule has 0 unspecified atom stereocenters. The van der Waals surface area contributed by atoms with Crippen molar-refractivity contribution in [3.63, 3.8) is 0 Å². The fraction of sp³-hybridized carbons (Fsp3) is 0.0909. The number of aryl methyl sites for hydroxylation is 1. The molecular formula is C22H18BrN3O. The molecule has 2 aromatic carbocycles. The molecule has 27 heavy (non-hydrogen) atoms. The van der Waals surface area contributed by atoms with Gasteiger partial charge in [0.15, 0.2) is 0 Å². The lowest BCUT2D eigenvalue weighted by atomic mass is 10.2. The standard InChI is InChI=1S/C22H18BrN3O/c1-14-12-19(15(2)26(14)18-6-4-3-5-7-18)22(27)25-21-11-8-16-13-17(23)9-10-20(16)24-21/h3-13H,1-2H3,(H,24,25,27). The van der Waals surface area contributed by atoms with E-state index in [4.69, 9.17) is 0 Å². The number of para-hydroxylation sites is 1. The third-order valence-corrected chi connectivity index (χ3v) is 5.08. The second kappa shape index (κ2) is 7.00. The molecule has 0 spiro atoms. The Labute approximate surface area is 166 Å². The zero-order chi connectivity index (χ0) is 19.0. The van der Waals surface area contributed by atoms with Crippen LogP contribution in [0, 0.1) is 13.8 Å². The molecule has 0 saturated carbocycles. The summed E-state index contributed by atoms with van der Waals surface area (Å²) in [4.78, 5) is 17.4. The number of amides is 1. The van der Waals surface area contributed by atoms with Gasteiger partial charge in [0.2, 0.25) is 0 Å². The SMILES string of the molecule is Cc1cc(C(=O)Nc2ccc3cc(Br)ccc3n2)c(C)n1-c1ccccc1. The molecule has 2 aromatic heterocycles. The molecule has 4 nitrogen and oxygen atoms in total. The first-order chi connectivity index (χ1) is 13.0. The molecule has 0 fully saturated rings. The van der Waals surface area contributed by atoms with Crippen molar-refractivity contribution in [3.8, 4) is 5.69 Å². The number of anilines is 1. The summed E-state index contributed by atoms with van der Waals surface area (Å²) in [6.45, 7) is 3.96. The van der Waals surface area contributed by atoms with Crippen LogP contribution < -0.4 is 5.32 Å². The van der Waals surface area contributed by atoms with Gasteiger partial charge in [0.1, 0.15) is 5.82 Å². The van der Waals surface area contributed by atoms with Crippen molar-refractivity contribution in [3.05, 3.63) is 88.2 Å². The Kier molecular flexibility index (Phi) is 4.54. The average Bonchev–Trinajstić information content (AvgIpc) is 2.97. The second-order valence-electron chi connectivity index (χ2n) is 6.44. The first-order valence-electron chi connectivity index (χ1n) is 8.65. The Hall–Kier alpha value is -2.92. The van der Waals surface area contributed by atoms with E-state index in [0.29, 0.717) is 11.4 Å². The lowest BCUT2D eigenvalue weighted by Gasteiger charge is -2.10. The van der Waals surface area contributed by atoms with Gasteiger partial charge in [-0.3, -0.25) is 4.79 Å². The number of fused-ring (bicyclic) bond motifs is 1. The molecule has 0 aliphatic rings. The number of hydrogen-bond acceptors (Lipinski definition) is 2. The summed E-state index contributed by atoms with van der Waals surface area (Å²) in [7, 11) is 0. The number of halogens is 1. The van der Waals surface area contributed by atoms with Crippen LogP contribution in [0.2, 0.25) is 0 Å². The highest BCUT2D eigenvalue weighted by Crippen LogP contribution is 2.23. The fourth-order valence-corrected chi connectivity index (χ4v) is 3.70. The van der Waals surface area contributed by atoms with Crippen LogP contribution >= 0.6 is 15.9 Å². The predicted octanol–water partition coefficient (Wildman–Crippen LogP) is 5.66. The number of nitrogens with zero attached hydrogens (tertiary/aromatic N) is 2. The van der Waals surface area contributed by atoms with Gasteiger partial charge in [-0.25, -0.2) is 4.98 Å². The maximum Gasteiger partial charge on any atom is 0.258 e. The van der Waals surface area contributed by atoms with Crippen molar-refractivity contribution in [2.45, 2.75) is 13.8 Å². The van der Waals surface area contributed by atoms with Crippen LogP contribution in [-0.4, -0.2) is 15.5 Å². The van der Waals surface area contributed by atoms with Gasteiger partial charge in [-0.15, -0.1) is 0 Å². The molecule has 134 valence electrons. The summed E-state index contributed by atoms with van der Waals surface area (Å²) in [5.41, 5.74) is 4.45. The quantitative estimate of drug-likeness (QED) is 0.465. The van der Waals surface area contributed by atoms with Crippen LogP contribution in [0.5, 0.6) is 0 Å². The number of aromatic nitrogens is 2. The van der Waals surface area contributed by atoms with Gasteiger partial charge in [0, 0.05) is 26.9 Å². The zero-order valence-electron chi connectivity index (χ0n) is 15.0. The van der Waals surface area contributed by atoms with Gasteiger partial charge in [-0.1, -0.05) is 34.1 Å². The minimum atomic E-state index is -0.158. The lowest BCUT2D eigenvalue weighted by Crippen LogP contribution is -2.14. The second-order valence-corrected chi connectivity index (χ2v) is 7.36. The molecule has 0 aliphatic heterocycles. The van der Waals surface area contributed by atoms with Crippen LogP contribution in [0.25, 0.3) is 16.6 Å². The number of benzene rings is 2. The molecule has 0 saturated heterocycles. The van der Waals surface area contributed by atoms with Gasteiger partial charge in [-0.2, -0.15) is 0 Å². The van der Waals surface area contributed by atoms with Crippen LogP contribution in [-0.2, 0) is 0 Å². The van der Waals surface area contributed by atoms with Gasteiger partial charge in [-0.05, 0) is 62.4 Å². The Morgan fingerprint density at radius 3 is 2.56 bits per heavy atom. The highest BCUT2D eigenvalue weighted by Gasteiger charge is 2.17. The first-order valence-corrected chi connectivity index (χ1v) is 9.44. The van der Waals surface area contributed by atoms with Gasteiger partial charge in [0.05, 0.1) is 11.1 Å². The Balaban J connectivity index is 1.65. The van der Waals surface area contributed by atoms with Crippen molar-refractivity contribution < 1.29 is 4.79 Å². The van der Waals surface area contributed by atoms with Crippen LogP contribution in [0.4, 0.5) is 5.82 Å². The monoisotopic (exact) mass is 419 g/mol. The summed E-state index contributed by atoms with van der Waals surface area (Å²) < 4.78 is 3.09. The van der Waals surface area contributed by atoms with E-state index in [-0.39, 0.29) is 5.91 Å². The largest absolute Gasteiger partial charge is 0.318 e. The van der Waals surface area contributed by atoms with E-state index < -0.39 is 0 Å². The van der Waals surface area contributed by atoms with E-state index in [0.717, 1.165) is 32.5 Å². The van der Waals surface area contributed by atoms with Crippen molar-refractivity contribution >= 4 is 38.6 Å². The highest BCUT2D eigenvalue weighted by molar-refractivity contribution is 9.10. The maximum atomic E-state index is 12.9. The molecule has 0 aliphatic carbocycles. The predicted molar refractivity (Wildman–Crippen MR) is 113 cm³/mol. The lowest BCUT2D eigenvalue weighted by molar-refractivity contribution is 0.102. The van der Waals surface area contributed by atoms with Gasteiger partial charge in [0.25, 0.3) is 5.91 Å². The summed E-state index contributed by atoms with van der Waals surface area (Å²) in [6, 6.07) is 21.6. The molecule has 5 heteroatoms. The summed E-state index contributed by atoms with van der Waals surface area (Å²) in [5.74, 6) is 0.383. The zero-order valence-corrected chi connectivity index (χ0v) is 16.6. The fourth-order valence-electron chi connectivity index (χ4n) is 3.32. The summed E-state index contributed by atoms with van der Waals surface area (Å²) in [6.07, 6.45) is 0. The number of hydrogen-bond donors (Lipinski definition) is 1. The van der Waals surface area contributed by atoms with E-state index in [1.54, 1.807) is 0 Å². The molecule has 4 aromatic rings. The van der Waals surface area contributed by atoms with Crippen molar-refractivity contribution in [2.75, 3.05) is 5.32 Å². The topological polar surface area (TPSA) is 46.9 Å². The van der Waals surface area contributed by atoms with Crippen LogP contribution in [0.3, 0.4) is 0 Å². The van der Waals surface area contributed by atoms with Crippen molar-refractivity contribution in [2.24, 2.45) is 0 Å². The van der Waals surface area contributed by atoms with E-state index in [1.807, 2.05) is 80.6 Å². The average molecular weight is 420 g/mol. The van der Waals surface area contributed by atoms with E-state index in [9.17, 15) is 4.79 Å². The van der Waals surface area contributed by atoms with E-state index in [1.165, 1.54) is 0 Å². The van der Waals surface area contributed by atoms with Crippen molar-refractivity contribution in [1.82, 2.24) is 9.55 Å². The van der Waals surface area contributed by atoms with Gasteiger partial charge < -0.3 is 9.88 Å². The molecule has 0 atom stereocenters. The van der Waals surface area contributed by atoms with E-state index in [2.05, 4.69) is 30.8 Å². The third-order valence-electron chi connectivity index (χ3n) is 4.58. The number of carbonyl (C=O) groups excluding carboxylic acids is 1. The molecule has 4 rings (SSSR count). The van der Waals surface area contributed by atoms with Crippen LogP contribution in [0.1, 0.15) is 21.7 Å². The molecule has 1 N–H and O–H groups in total. The van der Waals surface area contributed by atoms with Crippen molar-refractivity contribution in [1.29, 1.82) is 0 Å². The Bertz CT molecular complexity index is 1150. The smallest absolute Gasteiger partial charge is 0.258 e. The van der Waals surface area contributed by atoms with Gasteiger partial charge >= 0.3 is 0 Å². The summed E-state index contributed by atoms with van der Waals surface area (Å²) in [5, 5.41) is 3.94. The minimum absolute atomic E-state index is 0.158. The number of nitrogens with one attached hydrogen (secondary N) is 1. The first kappa shape index (κ1) is 17.5. The molecular weight excluding hydrogens is 402 g/mol.